The number of ether oxygens (including phenoxy) is 1. The summed E-state index contributed by atoms with van der Waals surface area (Å²) < 4.78 is 35.0. The van der Waals surface area contributed by atoms with Crippen molar-refractivity contribution in [3.05, 3.63) is 53.0 Å². The predicted octanol–water partition coefficient (Wildman–Crippen LogP) is 3.50. The van der Waals surface area contributed by atoms with Gasteiger partial charge in [-0.2, -0.15) is 8.42 Å². The Morgan fingerprint density at radius 3 is 2.42 bits per heavy atom. The summed E-state index contributed by atoms with van der Waals surface area (Å²) in [5.74, 6) is -0.0443. The Balaban J connectivity index is 1.73. The Morgan fingerprint density at radius 1 is 1.19 bits per heavy atom. The lowest BCUT2D eigenvalue weighted by Crippen LogP contribution is -2.33. The first-order valence-corrected chi connectivity index (χ1v) is 12.4. The third-order valence-electron chi connectivity index (χ3n) is 4.39. The molecule has 0 aromatic heterocycles. The van der Waals surface area contributed by atoms with Crippen molar-refractivity contribution in [2.75, 3.05) is 19.0 Å². The van der Waals surface area contributed by atoms with Crippen LogP contribution in [-0.2, 0) is 19.6 Å². The van der Waals surface area contributed by atoms with Gasteiger partial charge in [-0.05, 0) is 55.5 Å². The second kappa shape index (κ2) is 9.84. The van der Waals surface area contributed by atoms with Crippen LogP contribution in [-0.4, -0.2) is 49.2 Å². The number of amidine groups is 1. The molecule has 0 spiro atoms. The van der Waals surface area contributed by atoms with Gasteiger partial charge in [0.05, 0.1) is 12.0 Å². The highest BCUT2D eigenvalue weighted by Crippen LogP contribution is 2.31. The number of carbonyl (C=O) groups excluding carboxylic acids is 2. The molecule has 2 amide bonds. The maximum absolute atomic E-state index is 12.7. The number of methoxy groups -OCH3 is 1. The van der Waals surface area contributed by atoms with Crippen molar-refractivity contribution in [1.29, 1.82) is 0 Å². The van der Waals surface area contributed by atoms with Crippen LogP contribution in [0.1, 0.15) is 13.3 Å². The highest BCUT2D eigenvalue weighted by atomic mass is 79.9. The summed E-state index contributed by atoms with van der Waals surface area (Å²) in [4.78, 5) is 26.4. The predicted molar refractivity (Wildman–Crippen MR) is 124 cm³/mol. The molecule has 0 radical (unpaired) electrons. The van der Waals surface area contributed by atoms with Gasteiger partial charge in [0, 0.05) is 23.1 Å². The van der Waals surface area contributed by atoms with Gasteiger partial charge < -0.3 is 10.1 Å². The van der Waals surface area contributed by atoms with Crippen LogP contribution in [0.5, 0.6) is 5.75 Å². The molecule has 2 aromatic carbocycles. The van der Waals surface area contributed by atoms with E-state index in [9.17, 15) is 18.0 Å². The van der Waals surface area contributed by atoms with Crippen LogP contribution in [0, 0.1) is 0 Å². The lowest BCUT2D eigenvalue weighted by atomic mass is 10.2. The SMILES string of the molecule is CCN1C(=O)[C@@H](CC(=O)Nc2ccc(OC)cc2)SC1=NS(=O)(=O)c1ccc(Br)cc1. The maximum atomic E-state index is 12.7. The molecule has 31 heavy (non-hydrogen) atoms. The minimum absolute atomic E-state index is 0.0213. The number of nitrogens with one attached hydrogen (secondary N) is 1. The summed E-state index contributed by atoms with van der Waals surface area (Å²) in [5.41, 5.74) is 0.570. The van der Waals surface area contributed by atoms with Crippen molar-refractivity contribution in [3.8, 4) is 5.75 Å². The molecular formula is C20H20BrN3O5S2. The van der Waals surface area contributed by atoms with Crippen molar-refractivity contribution < 1.29 is 22.7 Å². The van der Waals surface area contributed by atoms with Crippen LogP contribution in [0.2, 0.25) is 0 Å². The molecule has 0 bridgehead atoms. The van der Waals surface area contributed by atoms with E-state index in [2.05, 4.69) is 25.6 Å². The van der Waals surface area contributed by atoms with Crippen LogP contribution in [0.15, 0.2) is 62.3 Å². The average Bonchev–Trinajstić information content (AvgIpc) is 3.02. The second-order valence-corrected chi connectivity index (χ2v) is 10.2. The molecule has 1 fully saturated rings. The molecule has 164 valence electrons. The van der Waals surface area contributed by atoms with Crippen molar-refractivity contribution in [2.45, 2.75) is 23.5 Å². The molecule has 8 nitrogen and oxygen atoms in total. The average molecular weight is 526 g/mol. The van der Waals surface area contributed by atoms with Gasteiger partial charge in [0.2, 0.25) is 11.8 Å². The number of hydrogen-bond acceptors (Lipinski definition) is 6. The number of rotatable bonds is 7. The number of hydrogen-bond donors (Lipinski definition) is 1. The molecule has 1 atom stereocenters. The molecule has 0 saturated carbocycles. The second-order valence-electron chi connectivity index (χ2n) is 6.47. The molecule has 1 heterocycles. The van der Waals surface area contributed by atoms with Crippen LogP contribution in [0.25, 0.3) is 0 Å². The molecule has 1 aliphatic rings. The molecular weight excluding hydrogens is 506 g/mol. The number of thioether (sulfide) groups is 1. The number of carbonyl (C=O) groups is 2. The van der Waals surface area contributed by atoms with Gasteiger partial charge in [-0.3, -0.25) is 14.5 Å². The number of sulfonamides is 1. The van der Waals surface area contributed by atoms with Crippen molar-refractivity contribution >= 4 is 60.4 Å². The number of halogens is 1. The number of anilines is 1. The van der Waals surface area contributed by atoms with E-state index in [0.29, 0.717) is 11.4 Å². The van der Waals surface area contributed by atoms with Crippen LogP contribution >= 0.6 is 27.7 Å². The third-order valence-corrected chi connectivity index (χ3v) is 7.49. The van der Waals surface area contributed by atoms with E-state index >= 15 is 0 Å². The fourth-order valence-electron chi connectivity index (χ4n) is 2.82. The number of nitrogens with zero attached hydrogens (tertiary/aromatic N) is 2. The molecule has 1 N–H and O–H groups in total. The largest absolute Gasteiger partial charge is 0.497 e. The van der Waals surface area contributed by atoms with E-state index in [1.54, 1.807) is 50.4 Å². The first-order chi connectivity index (χ1) is 14.7. The lowest BCUT2D eigenvalue weighted by Gasteiger charge is -2.13. The van der Waals surface area contributed by atoms with Gasteiger partial charge in [0.15, 0.2) is 5.17 Å². The van der Waals surface area contributed by atoms with E-state index < -0.39 is 15.3 Å². The number of amides is 2. The van der Waals surface area contributed by atoms with Gasteiger partial charge in [0.1, 0.15) is 11.0 Å². The van der Waals surface area contributed by atoms with Crippen molar-refractivity contribution in [2.24, 2.45) is 4.40 Å². The fraction of sp³-hybridized carbons (Fsp3) is 0.250. The Bertz CT molecular complexity index is 1100. The van der Waals surface area contributed by atoms with E-state index in [1.165, 1.54) is 17.0 Å². The quantitative estimate of drug-likeness (QED) is 0.592. The zero-order chi connectivity index (χ0) is 22.6. The molecule has 0 aliphatic carbocycles. The molecule has 2 aromatic rings. The van der Waals surface area contributed by atoms with E-state index in [1.807, 2.05) is 0 Å². The molecule has 3 rings (SSSR count). The Morgan fingerprint density at radius 2 is 1.84 bits per heavy atom. The molecule has 1 aliphatic heterocycles. The van der Waals surface area contributed by atoms with E-state index in [-0.39, 0.29) is 34.8 Å². The zero-order valence-corrected chi connectivity index (χ0v) is 20.0. The van der Waals surface area contributed by atoms with Gasteiger partial charge in [-0.1, -0.05) is 27.7 Å². The maximum Gasteiger partial charge on any atom is 0.284 e. The van der Waals surface area contributed by atoms with E-state index in [4.69, 9.17) is 4.74 Å². The van der Waals surface area contributed by atoms with Crippen molar-refractivity contribution in [3.63, 3.8) is 0 Å². The summed E-state index contributed by atoms with van der Waals surface area (Å²) in [5, 5.41) is 2.04. The lowest BCUT2D eigenvalue weighted by molar-refractivity contribution is -0.128. The molecule has 0 unspecified atom stereocenters. The first kappa shape index (κ1) is 23.3. The van der Waals surface area contributed by atoms with Crippen LogP contribution in [0.4, 0.5) is 5.69 Å². The smallest absolute Gasteiger partial charge is 0.284 e. The minimum atomic E-state index is -3.99. The third kappa shape index (κ3) is 5.66. The van der Waals surface area contributed by atoms with Crippen LogP contribution in [0.3, 0.4) is 0 Å². The van der Waals surface area contributed by atoms with Gasteiger partial charge >= 0.3 is 0 Å². The summed E-state index contributed by atoms with van der Waals surface area (Å²) in [7, 11) is -2.45. The fourth-order valence-corrected chi connectivity index (χ4v) is 5.50. The summed E-state index contributed by atoms with van der Waals surface area (Å²) in [6, 6.07) is 12.9. The highest BCUT2D eigenvalue weighted by molar-refractivity contribution is 9.10. The Hall–Kier alpha value is -2.37. The molecule has 11 heteroatoms. The summed E-state index contributed by atoms with van der Waals surface area (Å²) >= 11 is 4.24. The van der Waals surface area contributed by atoms with E-state index in [0.717, 1.165) is 16.2 Å². The van der Waals surface area contributed by atoms with Gasteiger partial charge in [-0.15, -0.1) is 4.40 Å². The number of benzene rings is 2. The topological polar surface area (TPSA) is 105 Å². The summed E-state index contributed by atoms with van der Waals surface area (Å²) in [6.45, 7) is 1.97. The van der Waals surface area contributed by atoms with Gasteiger partial charge in [-0.25, -0.2) is 0 Å². The minimum Gasteiger partial charge on any atom is -0.497 e. The monoisotopic (exact) mass is 525 g/mol. The Labute approximate surface area is 193 Å². The van der Waals surface area contributed by atoms with Crippen LogP contribution < -0.4 is 10.1 Å². The van der Waals surface area contributed by atoms with Crippen molar-refractivity contribution in [1.82, 2.24) is 4.90 Å². The summed E-state index contributed by atoms with van der Waals surface area (Å²) in [6.07, 6.45) is -0.108. The highest BCUT2D eigenvalue weighted by Gasteiger charge is 2.39. The normalized spacial score (nSPS) is 17.8. The first-order valence-electron chi connectivity index (χ1n) is 9.26. The zero-order valence-electron chi connectivity index (χ0n) is 16.7. The standard InChI is InChI=1S/C20H20BrN3O5S2/c1-3-24-19(26)17(12-18(25)22-14-6-8-15(29-2)9-7-14)30-20(24)23-31(27,28)16-10-4-13(21)5-11-16/h4-11,17H,3,12H2,1-2H3,(H,22,25)/t17-/m1/s1. The van der Waals surface area contributed by atoms with Gasteiger partial charge in [0.25, 0.3) is 10.0 Å². The Kier molecular flexibility index (Phi) is 7.39. The molecule has 1 saturated heterocycles.